The number of benzene rings is 1. The van der Waals surface area contributed by atoms with Gasteiger partial charge in [0.05, 0.1) is 4.88 Å². The number of nitrogens with zero attached hydrogens (tertiary/aromatic N) is 2. The van der Waals surface area contributed by atoms with Crippen LogP contribution in [0.2, 0.25) is 0 Å². The Kier molecular flexibility index (Phi) is 7.25. The van der Waals surface area contributed by atoms with E-state index in [4.69, 9.17) is 9.47 Å². The maximum atomic E-state index is 12.8. The van der Waals surface area contributed by atoms with E-state index < -0.39 is 0 Å². The van der Waals surface area contributed by atoms with Gasteiger partial charge in [-0.2, -0.15) is 0 Å². The Morgan fingerprint density at radius 1 is 1.14 bits per heavy atom. The minimum atomic E-state index is 0. The minimum absolute atomic E-state index is 0. The lowest BCUT2D eigenvalue weighted by molar-refractivity contribution is -0.0000178. The fraction of sp³-hybridized carbons (Fsp3) is 0.450. The molecule has 2 aliphatic rings. The van der Waals surface area contributed by atoms with E-state index in [-0.39, 0.29) is 18.3 Å². The standard InChI is InChI=1S/C20H23BrN2O3S.ClH/c1-2-3-18-15(21)11-19(27-18)20(24)23-8-6-22(7-9-23)12-14-4-5-16-17(10-14)26-13-25-16;/h4-5,10-11H,2-3,6-9,12-13H2,1H3;1H/p-1. The van der Waals surface area contributed by atoms with Gasteiger partial charge >= 0.3 is 0 Å². The molecule has 0 spiro atoms. The van der Waals surface area contributed by atoms with E-state index in [2.05, 4.69) is 39.9 Å². The molecule has 1 fully saturated rings. The first kappa shape index (κ1) is 21.4. The van der Waals surface area contributed by atoms with Crippen LogP contribution in [0.25, 0.3) is 0 Å². The molecule has 1 aromatic heterocycles. The molecule has 28 heavy (non-hydrogen) atoms. The van der Waals surface area contributed by atoms with Crippen LogP contribution in [0.4, 0.5) is 0 Å². The molecular formula is C20H23BrClN2O3S-. The second kappa shape index (κ2) is 9.48. The predicted octanol–water partition coefficient (Wildman–Crippen LogP) is 1.15. The first-order valence-electron chi connectivity index (χ1n) is 9.32. The van der Waals surface area contributed by atoms with Crippen molar-refractivity contribution in [3.8, 4) is 11.5 Å². The Morgan fingerprint density at radius 2 is 1.89 bits per heavy atom. The summed E-state index contributed by atoms with van der Waals surface area (Å²) in [7, 11) is 0. The lowest BCUT2D eigenvalue weighted by atomic mass is 10.1. The predicted molar refractivity (Wildman–Crippen MR) is 110 cm³/mol. The molecule has 152 valence electrons. The SMILES string of the molecule is CCCc1sc(C(=O)N2CCN(Cc3ccc4c(c3)OCO4)CC2)cc1Br.[Cl-]. The molecule has 1 aromatic carbocycles. The zero-order valence-corrected chi connectivity index (χ0v) is 18.9. The van der Waals surface area contributed by atoms with Crippen LogP contribution < -0.4 is 21.9 Å². The molecule has 4 rings (SSSR count). The van der Waals surface area contributed by atoms with Crippen LogP contribution >= 0.6 is 27.3 Å². The fourth-order valence-electron chi connectivity index (χ4n) is 3.47. The van der Waals surface area contributed by atoms with Crippen LogP contribution in [-0.2, 0) is 13.0 Å². The third-order valence-corrected chi connectivity index (χ3v) is 7.10. The largest absolute Gasteiger partial charge is 1.00 e. The quantitative estimate of drug-likeness (QED) is 0.636. The van der Waals surface area contributed by atoms with Crippen molar-refractivity contribution >= 4 is 33.2 Å². The third kappa shape index (κ3) is 4.64. The van der Waals surface area contributed by atoms with Gasteiger partial charge in [-0.1, -0.05) is 19.4 Å². The number of aryl methyl sites for hydroxylation is 1. The van der Waals surface area contributed by atoms with Crippen molar-refractivity contribution in [1.29, 1.82) is 0 Å². The number of ether oxygens (including phenoxy) is 2. The zero-order valence-electron chi connectivity index (χ0n) is 15.7. The van der Waals surface area contributed by atoms with Gasteiger partial charge in [-0.05, 0) is 46.1 Å². The number of hydrogen-bond acceptors (Lipinski definition) is 5. The number of halogens is 2. The van der Waals surface area contributed by atoms with Gasteiger partial charge in [0.2, 0.25) is 6.79 Å². The Bertz CT molecular complexity index is 837. The van der Waals surface area contributed by atoms with E-state index in [1.165, 1.54) is 10.4 Å². The maximum absolute atomic E-state index is 12.8. The minimum Gasteiger partial charge on any atom is -1.00 e. The monoisotopic (exact) mass is 485 g/mol. The molecule has 3 heterocycles. The number of fused-ring (bicyclic) bond motifs is 1. The van der Waals surface area contributed by atoms with E-state index in [1.807, 2.05) is 17.0 Å². The van der Waals surface area contributed by atoms with Crippen molar-refractivity contribution in [3.63, 3.8) is 0 Å². The van der Waals surface area contributed by atoms with Crippen LogP contribution in [0.3, 0.4) is 0 Å². The normalized spacial score (nSPS) is 16.1. The molecule has 0 radical (unpaired) electrons. The summed E-state index contributed by atoms with van der Waals surface area (Å²) in [6.07, 6.45) is 2.10. The summed E-state index contributed by atoms with van der Waals surface area (Å²) in [5.74, 6) is 1.80. The number of piperazine rings is 1. The average molecular weight is 487 g/mol. The van der Waals surface area contributed by atoms with Crippen molar-refractivity contribution in [2.24, 2.45) is 0 Å². The van der Waals surface area contributed by atoms with Gasteiger partial charge in [-0.15, -0.1) is 11.3 Å². The van der Waals surface area contributed by atoms with E-state index in [0.717, 1.165) is 66.4 Å². The van der Waals surface area contributed by atoms with E-state index in [9.17, 15) is 4.79 Å². The lowest BCUT2D eigenvalue weighted by Crippen LogP contribution is -3.00. The van der Waals surface area contributed by atoms with Crippen LogP contribution in [0.1, 0.15) is 33.5 Å². The smallest absolute Gasteiger partial charge is 0.264 e. The molecule has 0 atom stereocenters. The molecule has 0 N–H and O–H groups in total. The molecule has 0 saturated carbocycles. The fourth-order valence-corrected chi connectivity index (χ4v) is 5.41. The van der Waals surface area contributed by atoms with Gasteiger partial charge in [0.1, 0.15) is 0 Å². The van der Waals surface area contributed by atoms with Crippen molar-refractivity contribution < 1.29 is 26.7 Å². The summed E-state index contributed by atoms with van der Waals surface area (Å²) in [4.78, 5) is 19.3. The molecule has 8 heteroatoms. The Hall–Kier alpha value is -1.28. The zero-order chi connectivity index (χ0) is 18.8. The van der Waals surface area contributed by atoms with E-state index >= 15 is 0 Å². The van der Waals surface area contributed by atoms with Gasteiger partial charge in [0.15, 0.2) is 11.5 Å². The molecular weight excluding hydrogens is 464 g/mol. The average Bonchev–Trinajstić information content (AvgIpc) is 3.28. The Labute approximate surface area is 184 Å². The summed E-state index contributed by atoms with van der Waals surface area (Å²) >= 11 is 5.21. The Balaban J connectivity index is 0.00000225. The molecule has 5 nitrogen and oxygen atoms in total. The molecule has 0 unspecified atom stereocenters. The van der Waals surface area contributed by atoms with Gasteiger partial charge < -0.3 is 26.8 Å². The van der Waals surface area contributed by atoms with Crippen molar-refractivity contribution in [2.45, 2.75) is 26.3 Å². The highest BCUT2D eigenvalue weighted by Gasteiger charge is 2.24. The van der Waals surface area contributed by atoms with Crippen LogP contribution in [-0.4, -0.2) is 48.7 Å². The number of carbonyl (C=O) groups is 1. The van der Waals surface area contributed by atoms with Crippen molar-refractivity contribution in [2.75, 3.05) is 33.0 Å². The van der Waals surface area contributed by atoms with Gasteiger partial charge in [0, 0.05) is 42.1 Å². The van der Waals surface area contributed by atoms with Crippen LogP contribution in [0.5, 0.6) is 11.5 Å². The number of thiophene rings is 1. The summed E-state index contributed by atoms with van der Waals surface area (Å²) in [5.41, 5.74) is 1.21. The summed E-state index contributed by atoms with van der Waals surface area (Å²) in [6.45, 7) is 6.63. The maximum Gasteiger partial charge on any atom is 0.264 e. The lowest BCUT2D eigenvalue weighted by Gasteiger charge is -2.34. The van der Waals surface area contributed by atoms with Crippen LogP contribution in [0, 0.1) is 0 Å². The topological polar surface area (TPSA) is 42.0 Å². The number of amides is 1. The van der Waals surface area contributed by atoms with Crippen molar-refractivity contribution in [3.05, 3.63) is 44.1 Å². The van der Waals surface area contributed by atoms with Crippen LogP contribution in [0.15, 0.2) is 28.7 Å². The number of hydrogen-bond donors (Lipinski definition) is 0. The van der Waals surface area contributed by atoms with E-state index in [1.54, 1.807) is 11.3 Å². The molecule has 1 saturated heterocycles. The Morgan fingerprint density at radius 3 is 2.64 bits per heavy atom. The second-order valence-corrected chi connectivity index (χ2v) is 8.88. The molecule has 1 amide bonds. The summed E-state index contributed by atoms with van der Waals surface area (Å²) in [6, 6.07) is 8.10. The highest BCUT2D eigenvalue weighted by Crippen LogP contribution is 2.33. The summed E-state index contributed by atoms with van der Waals surface area (Å²) < 4.78 is 11.9. The molecule has 2 aliphatic heterocycles. The first-order valence-corrected chi connectivity index (χ1v) is 10.9. The van der Waals surface area contributed by atoms with Gasteiger partial charge in [0.25, 0.3) is 5.91 Å². The highest BCUT2D eigenvalue weighted by atomic mass is 79.9. The van der Waals surface area contributed by atoms with Crippen molar-refractivity contribution in [1.82, 2.24) is 9.80 Å². The molecule has 0 bridgehead atoms. The summed E-state index contributed by atoms with van der Waals surface area (Å²) in [5, 5.41) is 0. The van der Waals surface area contributed by atoms with E-state index in [0.29, 0.717) is 6.79 Å². The first-order chi connectivity index (χ1) is 13.1. The van der Waals surface area contributed by atoms with Gasteiger partial charge in [-0.25, -0.2) is 0 Å². The number of carbonyl (C=O) groups excluding carboxylic acids is 1. The third-order valence-electron chi connectivity index (χ3n) is 4.95. The second-order valence-electron chi connectivity index (χ2n) is 6.89. The highest BCUT2D eigenvalue weighted by molar-refractivity contribution is 9.10. The molecule has 2 aromatic rings. The molecule has 0 aliphatic carbocycles. The number of rotatable bonds is 5. The van der Waals surface area contributed by atoms with Gasteiger partial charge in [-0.3, -0.25) is 9.69 Å².